The van der Waals surface area contributed by atoms with Crippen LogP contribution in [0.3, 0.4) is 0 Å². The van der Waals surface area contributed by atoms with E-state index in [1.54, 1.807) is 0 Å². The summed E-state index contributed by atoms with van der Waals surface area (Å²) in [4.78, 5) is 27.8. The van der Waals surface area contributed by atoms with Gasteiger partial charge < -0.3 is 9.47 Å². The van der Waals surface area contributed by atoms with Gasteiger partial charge in [0.05, 0.1) is 13.2 Å². The molecule has 0 amide bonds. The van der Waals surface area contributed by atoms with Crippen LogP contribution >= 0.6 is 0 Å². The van der Waals surface area contributed by atoms with Gasteiger partial charge in [0.2, 0.25) is 0 Å². The number of ether oxygens (including phenoxy) is 2. The van der Waals surface area contributed by atoms with Gasteiger partial charge in [-0.15, -0.1) is 0 Å². The number of rotatable bonds is 7. The molecular formula is C16H28N2O4. The zero-order valence-corrected chi connectivity index (χ0v) is 13.8. The molecule has 0 aliphatic carbocycles. The molecule has 2 aliphatic rings. The Kier molecular flexibility index (Phi) is 6.64. The molecule has 0 aromatic heterocycles. The summed E-state index contributed by atoms with van der Waals surface area (Å²) in [5, 5.41) is 0. The van der Waals surface area contributed by atoms with Gasteiger partial charge >= 0.3 is 11.9 Å². The SMILES string of the molecule is CN1CCCC1C(=O)OCCCCOC(=O)C1CCCN1C. The van der Waals surface area contributed by atoms with E-state index < -0.39 is 0 Å². The lowest BCUT2D eigenvalue weighted by Crippen LogP contribution is -2.34. The summed E-state index contributed by atoms with van der Waals surface area (Å²) >= 11 is 0. The number of carbonyl (C=O) groups excluding carboxylic acids is 2. The third kappa shape index (κ3) is 4.68. The summed E-state index contributed by atoms with van der Waals surface area (Å²) in [7, 11) is 3.91. The van der Waals surface area contributed by atoms with Crippen molar-refractivity contribution in [2.75, 3.05) is 40.4 Å². The number of nitrogens with zero attached hydrogens (tertiary/aromatic N) is 2. The van der Waals surface area contributed by atoms with E-state index in [-0.39, 0.29) is 24.0 Å². The van der Waals surface area contributed by atoms with E-state index in [4.69, 9.17) is 9.47 Å². The van der Waals surface area contributed by atoms with Crippen molar-refractivity contribution in [1.82, 2.24) is 9.80 Å². The molecule has 2 unspecified atom stereocenters. The zero-order chi connectivity index (χ0) is 15.9. The fourth-order valence-corrected chi connectivity index (χ4v) is 3.16. The molecule has 0 N–H and O–H groups in total. The summed E-state index contributed by atoms with van der Waals surface area (Å²) in [5.74, 6) is -0.242. The van der Waals surface area contributed by atoms with Crippen molar-refractivity contribution < 1.29 is 19.1 Å². The standard InChI is InChI=1S/C16H28N2O4/c1-17-9-5-7-13(17)15(19)21-11-3-4-12-22-16(20)14-8-6-10-18(14)2/h13-14H,3-12H2,1-2H3. The maximum absolute atomic E-state index is 11.9. The van der Waals surface area contributed by atoms with Gasteiger partial charge in [-0.2, -0.15) is 0 Å². The largest absolute Gasteiger partial charge is 0.465 e. The summed E-state index contributed by atoms with van der Waals surface area (Å²) < 4.78 is 10.6. The van der Waals surface area contributed by atoms with Crippen molar-refractivity contribution in [3.63, 3.8) is 0 Å². The molecule has 0 aromatic rings. The molecule has 6 nitrogen and oxygen atoms in total. The van der Waals surface area contributed by atoms with Crippen LogP contribution in [0.5, 0.6) is 0 Å². The summed E-state index contributed by atoms with van der Waals surface area (Å²) in [6.45, 7) is 2.74. The van der Waals surface area contributed by atoms with Gasteiger partial charge in [0.1, 0.15) is 12.1 Å². The normalized spacial score (nSPS) is 26.3. The third-order valence-corrected chi connectivity index (χ3v) is 4.61. The van der Waals surface area contributed by atoms with Crippen LogP contribution in [0, 0.1) is 0 Å². The van der Waals surface area contributed by atoms with Gasteiger partial charge in [-0.25, -0.2) is 0 Å². The predicted octanol–water partition coefficient (Wildman–Crippen LogP) is 1.04. The van der Waals surface area contributed by atoms with Crippen LogP contribution in [-0.4, -0.2) is 74.2 Å². The molecule has 126 valence electrons. The summed E-state index contributed by atoms with van der Waals surface area (Å²) in [6.07, 6.45) is 5.36. The van der Waals surface area contributed by atoms with E-state index in [0.29, 0.717) is 13.2 Å². The van der Waals surface area contributed by atoms with E-state index in [9.17, 15) is 9.59 Å². The molecule has 0 saturated carbocycles. The molecule has 22 heavy (non-hydrogen) atoms. The van der Waals surface area contributed by atoms with E-state index >= 15 is 0 Å². The summed E-state index contributed by atoms with van der Waals surface area (Å²) in [6, 6.07) is -0.147. The number of unbranched alkanes of at least 4 members (excludes halogenated alkanes) is 1. The minimum Gasteiger partial charge on any atom is -0.465 e. The molecule has 2 saturated heterocycles. The van der Waals surface area contributed by atoms with E-state index in [0.717, 1.165) is 51.6 Å². The molecule has 6 heteroatoms. The van der Waals surface area contributed by atoms with Crippen LogP contribution in [0.25, 0.3) is 0 Å². The van der Waals surface area contributed by atoms with Crippen LogP contribution in [0.15, 0.2) is 0 Å². The summed E-state index contributed by atoms with van der Waals surface area (Å²) in [5.41, 5.74) is 0. The molecule has 2 fully saturated rings. The lowest BCUT2D eigenvalue weighted by molar-refractivity contribution is -0.151. The van der Waals surface area contributed by atoms with Crippen LogP contribution in [-0.2, 0) is 19.1 Å². The molecule has 0 bridgehead atoms. The Bertz CT molecular complexity index is 352. The van der Waals surface area contributed by atoms with Crippen molar-refractivity contribution in [3.8, 4) is 0 Å². The Morgan fingerprint density at radius 3 is 1.59 bits per heavy atom. The number of likely N-dealkylation sites (N-methyl/N-ethyl adjacent to an activating group) is 2. The van der Waals surface area contributed by atoms with Crippen molar-refractivity contribution >= 4 is 11.9 Å². The van der Waals surface area contributed by atoms with Crippen LogP contribution in [0.4, 0.5) is 0 Å². The highest BCUT2D eigenvalue weighted by atomic mass is 16.5. The molecule has 2 atom stereocenters. The average Bonchev–Trinajstić information content (AvgIpc) is 3.10. The minimum absolute atomic E-state index is 0.0734. The maximum Gasteiger partial charge on any atom is 0.323 e. The first-order valence-electron chi connectivity index (χ1n) is 8.33. The van der Waals surface area contributed by atoms with Crippen molar-refractivity contribution in [1.29, 1.82) is 0 Å². The first kappa shape index (κ1) is 17.2. The van der Waals surface area contributed by atoms with Gasteiger partial charge in [0.25, 0.3) is 0 Å². The molecule has 0 radical (unpaired) electrons. The second-order valence-electron chi connectivity index (χ2n) is 6.32. The van der Waals surface area contributed by atoms with E-state index in [1.807, 2.05) is 23.9 Å². The predicted molar refractivity (Wildman–Crippen MR) is 82.5 cm³/mol. The second kappa shape index (κ2) is 8.48. The van der Waals surface area contributed by atoms with Crippen molar-refractivity contribution in [2.45, 2.75) is 50.6 Å². The highest BCUT2D eigenvalue weighted by Gasteiger charge is 2.29. The average molecular weight is 312 g/mol. The Balaban J connectivity index is 1.50. The fourth-order valence-electron chi connectivity index (χ4n) is 3.16. The monoisotopic (exact) mass is 312 g/mol. The molecule has 0 spiro atoms. The number of hydrogen-bond acceptors (Lipinski definition) is 6. The Hall–Kier alpha value is -1.14. The number of hydrogen-bond donors (Lipinski definition) is 0. The van der Waals surface area contributed by atoms with Crippen molar-refractivity contribution in [2.24, 2.45) is 0 Å². The van der Waals surface area contributed by atoms with Gasteiger partial charge in [-0.1, -0.05) is 0 Å². The van der Waals surface area contributed by atoms with Crippen LogP contribution in [0.2, 0.25) is 0 Å². The number of likely N-dealkylation sites (tertiary alicyclic amines) is 2. The van der Waals surface area contributed by atoms with Gasteiger partial charge in [-0.3, -0.25) is 19.4 Å². The molecule has 2 heterocycles. The highest BCUT2D eigenvalue weighted by Crippen LogP contribution is 2.17. The van der Waals surface area contributed by atoms with Crippen molar-refractivity contribution in [3.05, 3.63) is 0 Å². The lowest BCUT2D eigenvalue weighted by atomic mass is 10.2. The Labute approximate surface area is 132 Å². The third-order valence-electron chi connectivity index (χ3n) is 4.61. The number of esters is 2. The molecule has 0 aromatic carbocycles. The van der Waals surface area contributed by atoms with Gasteiger partial charge in [0, 0.05) is 0 Å². The van der Waals surface area contributed by atoms with Crippen LogP contribution < -0.4 is 0 Å². The van der Waals surface area contributed by atoms with Gasteiger partial charge in [0.15, 0.2) is 0 Å². The Morgan fingerprint density at radius 1 is 0.864 bits per heavy atom. The topological polar surface area (TPSA) is 59.1 Å². The zero-order valence-electron chi connectivity index (χ0n) is 13.8. The first-order chi connectivity index (χ1) is 10.6. The Morgan fingerprint density at radius 2 is 1.27 bits per heavy atom. The quantitative estimate of drug-likeness (QED) is 0.517. The molecule has 2 rings (SSSR count). The smallest absolute Gasteiger partial charge is 0.323 e. The highest BCUT2D eigenvalue weighted by molar-refractivity contribution is 5.76. The number of carbonyl (C=O) groups is 2. The van der Waals surface area contributed by atoms with E-state index in [2.05, 4.69) is 0 Å². The lowest BCUT2D eigenvalue weighted by Gasteiger charge is -2.18. The minimum atomic E-state index is -0.121. The fraction of sp³-hybridized carbons (Fsp3) is 0.875. The maximum atomic E-state index is 11.9. The second-order valence-corrected chi connectivity index (χ2v) is 6.32. The van der Waals surface area contributed by atoms with E-state index in [1.165, 1.54) is 0 Å². The first-order valence-corrected chi connectivity index (χ1v) is 8.33. The van der Waals surface area contributed by atoms with Crippen LogP contribution in [0.1, 0.15) is 38.5 Å². The molecular weight excluding hydrogens is 284 g/mol. The molecule has 2 aliphatic heterocycles. The van der Waals surface area contributed by atoms with Gasteiger partial charge in [-0.05, 0) is 65.7 Å².